The van der Waals surface area contributed by atoms with Crippen LogP contribution in [0.1, 0.15) is 53.4 Å². The Labute approximate surface area is 174 Å². The Morgan fingerprint density at radius 1 is 1.14 bits per heavy atom. The van der Waals surface area contributed by atoms with Crippen LogP contribution in [0.5, 0.6) is 0 Å². The van der Waals surface area contributed by atoms with E-state index in [4.69, 9.17) is 9.47 Å². The van der Waals surface area contributed by atoms with Gasteiger partial charge in [0.05, 0.1) is 13.2 Å². The van der Waals surface area contributed by atoms with Gasteiger partial charge < -0.3 is 25.4 Å². The minimum absolute atomic E-state index is 0.0330. The van der Waals surface area contributed by atoms with E-state index in [1.165, 1.54) is 0 Å². The molecule has 0 aromatic rings. The fourth-order valence-electron chi connectivity index (χ4n) is 3.21. The Kier molecular flexibility index (Phi) is 11.0. The zero-order valence-electron chi connectivity index (χ0n) is 18.5. The van der Waals surface area contributed by atoms with Crippen molar-refractivity contribution in [2.24, 2.45) is 0 Å². The molecule has 3 N–H and O–H groups in total. The smallest absolute Gasteiger partial charge is 0.407 e. The highest BCUT2D eigenvalue weighted by Crippen LogP contribution is 2.16. The van der Waals surface area contributed by atoms with Crippen molar-refractivity contribution in [1.82, 2.24) is 20.9 Å². The molecule has 168 valence electrons. The van der Waals surface area contributed by atoms with E-state index >= 15 is 0 Å². The van der Waals surface area contributed by atoms with Crippen LogP contribution in [-0.4, -0.2) is 80.4 Å². The predicted molar refractivity (Wildman–Crippen MR) is 111 cm³/mol. The van der Waals surface area contributed by atoms with E-state index in [1.54, 1.807) is 27.9 Å². The zero-order valence-corrected chi connectivity index (χ0v) is 18.5. The molecule has 1 fully saturated rings. The Hall–Kier alpha value is -1.87. The molecule has 1 aliphatic heterocycles. The van der Waals surface area contributed by atoms with Crippen LogP contribution in [0.4, 0.5) is 4.79 Å². The van der Waals surface area contributed by atoms with Gasteiger partial charge in [-0.3, -0.25) is 14.5 Å². The molecule has 0 aromatic carbocycles. The third kappa shape index (κ3) is 11.7. The van der Waals surface area contributed by atoms with E-state index in [2.05, 4.69) is 20.9 Å². The van der Waals surface area contributed by atoms with Crippen molar-refractivity contribution < 1.29 is 23.9 Å². The summed E-state index contributed by atoms with van der Waals surface area (Å²) in [4.78, 5) is 38.0. The summed E-state index contributed by atoms with van der Waals surface area (Å²) >= 11 is 0. The van der Waals surface area contributed by atoms with E-state index in [0.29, 0.717) is 19.7 Å². The Balaban J connectivity index is 2.33. The summed E-state index contributed by atoms with van der Waals surface area (Å²) in [6.45, 7) is 9.60. The van der Waals surface area contributed by atoms with Crippen molar-refractivity contribution in [2.75, 3.05) is 39.9 Å². The first kappa shape index (κ1) is 25.2. The molecule has 0 aromatic heterocycles. The number of alkyl carbamates (subject to hydrolysis) is 1. The first-order valence-corrected chi connectivity index (χ1v) is 10.4. The van der Waals surface area contributed by atoms with Crippen molar-refractivity contribution in [3.8, 4) is 0 Å². The average molecular weight is 415 g/mol. The standard InChI is InChI=1S/C20H38N4O5/c1-15(14-28-5)23-18(26)13-24-11-7-6-8-16(24)12-22-17(25)9-10-21-19(27)29-20(2,3)4/h15-16H,6-14H2,1-5H3,(H,21,27)(H,22,25)(H,23,26)/t15-,16+/m0/s1. The molecule has 1 aliphatic rings. The molecule has 29 heavy (non-hydrogen) atoms. The number of carbonyl (C=O) groups is 3. The summed E-state index contributed by atoms with van der Waals surface area (Å²) in [6.07, 6.45) is 2.72. The first-order valence-electron chi connectivity index (χ1n) is 10.4. The molecule has 3 amide bonds. The van der Waals surface area contributed by atoms with Crippen molar-refractivity contribution in [3.63, 3.8) is 0 Å². The van der Waals surface area contributed by atoms with Crippen LogP contribution in [0.15, 0.2) is 0 Å². The molecule has 0 saturated carbocycles. The second-order valence-electron chi connectivity index (χ2n) is 8.53. The molecule has 1 rings (SSSR count). The number of nitrogens with zero attached hydrogens (tertiary/aromatic N) is 1. The number of likely N-dealkylation sites (tertiary alicyclic amines) is 1. The Morgan fingerprint density at radius 3 is 2.52 bits per heavy atom. The van der Waals surface area contributed by atoms with E-state index in [0.717, 1.165) is 25.8 Å². The molecule has 1 heterocycles. The fraction of sp³-hybridized carbons (Fsp3) is 0.850. The van der Waals surface area contributed by atoms with Gasteiger partial charge in [-0.25, -0.2) is 4.79 Å². The molecule has 0 radical (unpaired) electrons. The maximum atomic E-state index is 12.2. The molecule has 9 heteroatoms. The summed E-state index contributed by atoms with van der Waals surface area (Å²) < 4.78 is 10.2. The summed E-state index contributed by atoms with van der Waals surface area (Å²) in [6, 6.07) is 0.0999. The van der Waals surface area contributed by atoms with Crippen molar-refractivity contribution in [3.05, 3.63) is 0 Å². The molecule has 0 spiro atoms. The second-order valence-corrected chi connectivity index (χ2v) is 8.53. The average Bonchev–Trinajstić information content (AvgIpc) is 2.59. The van der Waals surface area contributed by atoms with Crippen LogP contribution >= 0.6 is 0 Å². The first-order chi connectivity index (χ1) is 13.6. The number of nitrogens with one attached hydrogen (secondary N) is 3. The Morgan fingerprint density at radius 2 is 1.86 bits per heavy atom. The Bertz CT molecular complexity index is 535. The normalized spacial score (nSPS) is 18.6. The zero-order chi connectivity index (χ0) is 21.9. The molecule has 0 unspecified atom stereocenters. The van der Waals surface area contributed by atoms with Crippen molar-refractivity contribution >= 4 is 17.9 Å². The van der Waals surface area contributed by atoms with Crippen molar-refractivity contribution in [1.29, 1.82) is 0 Å². The number of hydrogen-bond acceptors (Lipinski definition) is 6. The van der Waals surface area contributed by atoms with Gasteiger partial charge in [-0.05, 0) is 47.1 Å². The van der Waals surface area contributed by atoms with Crippen LogP contribution in [0.3, 0.4) is 0 Å². The topological polar surface area (TPSA) is 109 Å². The van der Waals surface area contributed by atoms with Gasteiger partial charge in [0.15, 0.2) is 0 Å². The molecular weight excluding hydrogens is 376 g/mol. The fourth-order valence-corrected chi connectivity index (χ4v) is 3.21. The van der Waals surface area contributed by atoms with Gasteiger partial charge in [-0.1, -0.05) is 6.42 Å². The highest BCUT2D eigenvalue weighted by Gasteiger charge is 2.25. The summed E-state index contributed by atoms with van der Waals surface area (Å²) in [7, 11) is 1.61. The lowest BCUT2D eigenvalue weighted by molar-refractivity contribution is -0.124. The molecule has 9 nitrogen and oxygen atoms in total. The number of ether oxygens (including phenoxy) is 2. The van der Waals surface area contributed by atoms with Crippen LogP contribution in [0, 0.1) is 0 Å². The van der Waals surface area contributed by atoms with Gasteiger partial charge in [-0.15, -0.1) is 0 Å². The lowest BCUT2D eigenvalue weighted by Crippen LogP contribution is -2.51. The highest BCUT2D eigenvalue weighted by atomic mass is 16.6. The van der Waals surface area contributed by atoms with Gasteiger partial charge in [0, 0.05) is 38.7 Å². The van der Waals surface area contributed by atoms with E-state index in [1.807, 2.05) is 6.92 Å². The summed E-state index contributed by atoms with van der Waals surface area (Å²) in [5.74, 6) is -0.168. The number of methoxy groups -OCH3 is 1. The van der Waals surface area contributed by atoms with Crippen molar-refractivity contribution in [2.45, 2.75) is 71.1 Å². The number of hydrogen-bond donors (Lipinski definition) is 3. The molecule has 0 bridgehead atoms. The van der Waals surface area contributed by atoms with Crippen LogP contribution < -0.4 is 16.0 Å². The number of rotatable bonds is 10. The molecule has 1 saturated heterocycles. The van der Waals surface area contributed by atoms with Gasteiger partial charge in [0.2, 0.25) is 11.8 Å². The summed E-state index contributed by atoms with van der Waals surface area (Å²) in [5, 5.41) is 8.41. The maximum absolute atomic E-state index is 12.2. The molecular formula is C20H38N4O5. The third-order valence-corrected chi connectivity index (χ3v) is 4.47. The number of amides is 3. The van der Waals surface area contributed by atoms with Gasteiger partial charge in [0.25, 0.3) is 0 Å². The third-order valence-electron chi connectivity index (χ3n) is 4.47. The minimum Gasteiger partial charge on any atom is -0.444 e. The van der Waals surface area contributed by atoms with E-state index < -0.39 is 11.7 Å². The molecule has 0 aliphatic carbocycles. The van der Waals surface area contributed by atoms with Gasteiger partial charge >= 0.3 is 6.09 Å². The second kappa shape index (κ2) is 12.6. The van der Waals surface area contributed by atoms with Gasteiger partial charge in [0.1, 0.15) is 5.60 Å². The summed E-state index contributed by atoms with van der Waals surface area (Å²) in [5.41, 5.74) is -0.565. The minimum atomic E-state index is -0.565. The monoisotopic (exact) mass is 414 g/mol. The number of carbonyl (C=O) groups excluding carboxylic acids is 3. The highest BCUT2D eigenvalue weighted by molar-refractivity contribution is 5.78. The van der Waals surface area contributed by atoms with E-state index in [9.17, 15) is 14.4 Å². The predicted octanol–water partition coefficient (Wildman–Crippen LogP) is 1.02. The van der Waals surface area contributed by atoms with Crippen LogP contribution in [0.25, 0.3) is 0 Å². The lowest BCUT2D eigenvalue weighted by Gasteiger charge is -2.35. The quantitative estimate of drug-likeness (QED) is 0.493. The molecule has 2 atom stereocenters. The maximum Gasteiger partial charge on any atom is 0.407 e. The van der Waals surface area contributed by atoms with E-state index in [-0.39, 0.29) is 36.9 Å². The largest absolute Gasteiger partial charge is 0.444 e. The van der Waals surface area contributed by atoms with Crippen LogP contribution in [-0.2, 0) is 19.1 Å². The van der Waals surface area contributed by atoms with Gasteiger partial charge in [-0.2, -0.15) is 0 Å². The van der Waals surface area contributed by atoms with Crippen LogP contribution in [0.2, 0.25) is 0 Å². The SMILES string of the molecule is COC[C@H](C)NC(=O)CN1CCCC[C@@H]1CNC(=O)CCNC(=O)OC(C)(C)C. The lowest BCUT2D eigenvalue weighted by atomic mass is 10.0. The number of piperidine rings is 1.